The molecule has 2 N–H and O–H groups in total. The van der Waals surface area contributed by atoms with Gasteiger partial charge in [-0.05, 0) is 36.8 Å². The fraction of sp³-hybridized carbons (Fsp3) is 0.273. The van der Waals surface area contributed by atoms with Gasteiger partial charge in [-0.3, -0.25) is 9.59 Å². The second-order valence-corrected chi connectivity index (χ2v) is 7.18. The van der Waals surface area contributed by atoms with Gasteiger partial charge in [0.15, 0.2) is 0 Å². The summed E-state index contributed by atoms with van der Waals surface area (Å²) < 4.78 is 1.88. The molecule has 0 atom stereocenters. The van der Waals surface area contributed by atoms with Gasteiger partial charge in [0.2, 0.25) is 5.91 Å². The van der Waals surface area contributed by atoms with Crippen molar-refractivity contribution in [3.8, 4) is 11.3 Å². The number of benzene rings is 1. The molecule has 0 saturated carbocycles. The number of amides is 1. The Morgan fingerprint density at radius 2 is 2.10 bits per heavy atom. The lowest BCUT2D eigenvalue weighted by Gasteiger charge is -2.07. The van der Waals surface area contributed by atoms with E-state index in [1.807, 2.05) is 29.9 Å². The highest BCUT2D eigenvalue weighted by Gasteiger charge is 2.15. The molecule has 3 aromatic heterocycles. The molecule has 3 heterocycles. The van der Waals surface area contributed by atoms with Crippen LogP contribution in [0.3, 0.4) is 0 Å². The number of H-pyrrole nitrogens is 1. The molecule has 1 aromatic carbocycles. The van der Waals surface area contributed by atoms with Crippen LogP contribution in [0.25, 0.3) is 33.3 Å². The zero-order chi connectivity index (χ0) is 20.4. The van der Waals surface area contributed by atoms with Gasteiger partial charge in [-0.15, -0.1) is 0 Å². The number of aromatic amines is 1. The smallest absolute Gasteiger partial charge is 0.275 e. The molecule has 0 bridgehead atoms. The lowest BCUT2D eigenvalue weighted by molar-refractivity contribution is -0.116. The number of hydrogen-bond acceptors (Lipinski definition) is 4. The molecule has 0 radical (unpaired) electrons. The third kappa shape index (κ3) is 3.76. The maximum absolute atomic E-state index is 12.8. The highest BCUT2D eigenvalue weighted by molar-refractivity contribution is 5.95. The van der Waals surface area contributed by atoms with Gasteiger partial charge in [0.1, 0.15) is 11.3 Å². The summed E-state index contributed by atoms with van der Waals surface area (Å²) in [6.45, 7) is 2.10. The number of anilines is 1. The molecular formula is C22H23N5O2. The van der Waals surface area contributed by atoms with Gasteiger partial charge in [0.25, 0.3) is 5.56 Å². The van der Waals surface area contributed by atoms with Gasteiger partial charge in [-0.1, -0.05) is 19.8 Å². The third-order valence-electron chi connectivity index (χ3n) is 4.97. The Kier molecular flexibility index (Phi) is 5.12. The number of aryl methyl sites for hydroxylation is 1. The van der Waals surface area contributed by atoms with E-state index in [-0.39, 0.29) is 11.5 Å². The van der Waals surface area contributed by atoms with Crippen molar-refractivity contribution in [3.63, 3.8) is 0 Å². The van der Waals surface area contributed by atoms with E-state index in [9.17, 15) is 9.59 Å². The fourth-order valence-corrected chi connectivity index (χ4v) is 3.51. The highest BCUT2D eigenvalue weighted by atomic mass is 16.1. The minimum absolute atomic E-state index is 0.0204. The van der Waals surface area contributed by atoms with Gasteiger partial charge in [0.05, 0.1) is 11.0 Å². The van der Waals surface area contributed by atoms with E-state index in [0.717, 1.165) is 35.9 Å². The van der Waals surface area contributed by atoms with Crippen LogP contribution in [0.2, 0.25) is 0 Å². The SMILES string of the molecule is CCCCCC(=O)Nc1ccc2nc(-c3cn(C)c4ncccc34)c(=O)[nH]c2c1. The average Bonchev–Trinajstić information content (AvgIpc) is 3.04. The molecule has 0 aliphatic heterocycles. The van der Waals surface area contributed by atoms with Crippen LogP contribution < -0.4 is 10.9 Å². The molecule has 0 saturated heterocycles. The van der Waals surface area contributed by atoms with Crippen molar-refractivity contribution in [1.29, 1.82) is 0 Å². The van der Waals surface area contributed by atoms with Crippen molar-refractivity contribution >= 4 is 33.7 Å². The predicted octanol–water partition coefficient (Wildman–Crippen LogP) is 4.00. The van der Waals surface area contributed by atoms with Crippen LogP contribution in [-0.4, -0.2) is 25.4 Å². The molecule has 7 nitrogen and oxygen atoms in total. The van der Waals surface area contributed by atoms with Gasteiger partial charge in [0, 0.05) is 42.5 Å². The van der Waals surface area contributed by atoms with Crippen molar-refractivity contribution in [3.05, 3.63) is 53.1 Å². The van der Waals surface area contributed by atoms with Gasteiger partial charge >= 0.3 is 0 Å². The second-order valence-electron chi connectivity index (χ2n) is 7.18. The summed E-state index contributed by atoms with van der Waals surface area (Å²) in [5, 5.41) is 3.76. The van der Waals surface area contributed by atoms with E-state index in [0.29, 0.717) is 28.8 Å². The Bertz CT molecular complexity index is 1260. The van der Waals surface area contributed by atoms with E-state index in [1.165, 1.54) is 0 Å². The summed E-state index contributed by atoms with van der Waals surface area (Å²) in [6, 6.07) is 9.13. The number of fused-ring (bicyclic) bond motifs is 2. The van der Waals surface area contributed by atoms with Crippen molar-refractivity contribution in [1.82, 2.24) is 19.5 Å². The molecule has 1 amide bonds. The lowest BCUT2D eigenvalue weighted by atomic mass is 10.1. The Hall–Kier alpha value is -3.48. The summed E-state index contributed by atoms with van der Waals surface area (Å²) in [7, 11) is 1.89. The van der Waals surface area contributed by atoms with Crippen LogP contribution in [-0.2, 0) is 11.8 Å². The number of carbonyl (C=O) groups excluding carboxylic acids is 1. The van der Waals surface area contributed by atoms with Gasteiger partial charge in [-0.25, -0.2) is 9.97 Å². The van der Waals surface area contributed by atoms with Crippen LogP contribution in [0.5, 0.6) is 0 Å². The zero-order valence-electron chi connectivity index (χ0n) is 16.5. The zero-order valence-corrected chi connectivity index (χ0v) is 16.5. The number of nitrogens with zero attached hydrogens (tertiary/aromatic N) is 3. The van der Waals surface area contributed by atoms with Crippen LogP contribution in [0.1, 0.15) is 32.6 Å². The molecule has 4 aromatic rings. The highest BCUT2D eigenvalue weighted by Crippen LogP contribution is 2.26. The largest absolute Gasteiger partial charge is 0.335 e. The molecule has 148 valence electrons. The first-order valence-electron chi connectivity index (χ1n) is 9.81. The Morgan fingerprint density at radius 3 is 2.93 bits per heavy atom. The average molecular weight is 389 g/mol. The fourth-order valence-electron chi connectivity index (χ4n) is 3.51. The summed E-state index contributed by atoms with van der Waals surface area (Å²) in [4.78, 5) is 36.7. The molecule has 0 fully saturated rings. The van der Waals surface area contributed by atoms with Crippen molar-refractivity contribution in [2.45, 2.75) is 32.6 Å². The molecule has 0 unspecified atom stereocenters. The van der Waals surface area contributed by atoms with Gasteiger partial charge < -0.3 is 14.9 Å². The number of pyridine rings is 1. The monoisotopic (exact) mass is 389 g/mol. The number of unbranched alkanes of at least 4 members (excludes halogenated alkanes) is 2. The van der Waals surface area contributed by atoms with E-state index < -0.39 is 0 Å². The summed E-state index contributed by atoms with van der Waals surface area (Å²) in [5.41, 5.74) is 3.51. The van der Waals surface area contributed by atoms with Crippen LogP contribution in [0.4, 0.5) is 5.69 Å². The first kappa shape index (κ1) is 18.9. The molecule has 0 aliphatic carbocycles. The molecule has 4 rings (SSSR count). The topological polar surface area (TPSA) is 92.7 Å². The molecule has 29 heavy (non-hydrogen) atoms. The minimum atomic E-state index is -0.278. The van der Waals surface area contributed by atoms with Crippen molar-refractivity contribution in [2.24, 2.45) is 7.05 Å². The number of rotatable bonds is 6. The van der Waals surface area contributed by atoms with Crippen LogP contribution >= 0.6 is 0 Å². The first-order valence-corrected chi connectivity index (χ1v) is 9.81. The molecule has 0 aliphatic rings. The van der Waals surface area contributed by atoms with Crippen molar-refractivity contribution in [2.75, 3.05) is 5.32 Å². The summed E-state index contributed by atoms with van der Waals surface area (Å²) in [6.07, 6.45) is 7.07. The van der Waals surface area contributed by atoms with E-state index in [1.54, 1.807) is 24.4 Å². The Labute approximate surface area is 167 Å². The standard InChI is InChI=1S/C22H23N5O2/c1-3-4-5-8-19(28)24-14-9-10-17-18(12-14)26-22(29)20(25-17)16-13-27(2)21-15(16)7-6-11-23-21/h6-7,9-13H,3-5,8H2,1-2H3,(H,24,28)(H,26,29). The van der Waals surface area contributed by atoms with E-state index >= 15 is 0 Å². The first-order chi connectivity index (χ1) is 14.1. The predicted molar refractivity (Wildman–Crippen MR) is 115 cm³/mol. The lowest BCUT2D eigenvalue weighted by Crippen LogP contribution is -2.13. The van der Waals surface area contributed by atoms with Crippen LogP contribution in [0, 0.1) is 0 Å². The Morgan fingerprint density at radius 1 is 1.24 bits per heavy atom. The third-order valence-corrected chi connectivity index (χ3v) is 4.97. The number of aromatic nitrogens is 4. The molecular weight excluding hydrogens is 366 g/mol. The van der Waals surface area contributed by atoms with Crippen LogP contribution in [0.15, 0.2) is 47.5 Å². The van der Waals surface area contributed by atoms with E-state index in [4.69, 9.17) is 0 Å². The summed E-state index contributed by atoms with van der Waals surface area (Å²) >= 11 is 0. The normalized spacial score (nSPS) is 11.2. The van der Waals surface area contributed by atoms with Gasteiger partial charge in [-0.2, -0.15) is 0 Å². The van der Waals surface area contributed by atoms with E-state index in [2.05, 4.69) is 27.2 Å². The maximum Gasteiger partial charge on any atom is 0.275 e. The number of nitrogens with one attached hydrogen (secondary N) is 2. The van der Waals surface area contributed by atoms with Crippen molar-refractivity contribution < 1.29 is 4.79 Å². The quantitative estimate of drug-likeness (QED) is 0.488. The second kappa shape index (κ2) is 7.87. The Balaban J connectivity index is 1.68. The summed E-state index contributed by atoms with van der Waals surface area (Å²) in [5.74, 6) is -0.0204. The molecule has 7 heteroatoms. The maximum atomic E-state index is 12.8. The molecule has 0 spiro atoms. The number of hydrogen-bond donors (Lipinski definition) is 2. The number of carbonyl (C=O) groups is 1. The minimum Gasteiger partial charge on any atom is -0.335 e.